The number of carbonyl (C=O) groups is 1. The summed E-state index contributed by atoms with van der Waals surface area (Å²) in [6.45, 7) is 4.14. The number of benzene rings is 1. The first kappa shape index (κ1) is 12.6. The molecular weight excluding hydrogens is 226 g/mol. The van der Waals surface area contributed by atoms with Gasteiger partial charge in [0.25, 0.3) is 0 Å². The van der Waals surface area contributed by atoms with Crippen LogP contribution >= 0.6 is 0 Å². The summed E-state index contributed by atoms with van der Waals surface area (Å²) in [5.74, 6) is -0.762. The summed E-state index contributed by atoms with van der Waals surface area (Å²) in [5, 5.41) is 8.62. The topological polar surface area (TPSA) is 49.7 Å². The minimum Gasteiger partial charge on any atom is -0.481 e. The number of fused-ring (bicyclic) bond motifs is 1. The number of hydrogen-bond donors (Lipinski definition) is 1. The number of aliphatic carboxylic acids is 1. The van der Waals surface area contributed by atoms with Crippen LogP contribution in [-0.2, 0) is 10.2 Å². The number of hydrogen-bond acceptors (Lipinski definition) is 2. The second kappa shape index (κ2) is 4.77. The fourth-order valence-corrected chi connectivity index (χ4v) is 2.24. The minimum absolute atomic E-state index is 0.171. The average Bonchev–Trinajstić information content (AvgIpc) is 2.58. The quantitative estimate of drug-likeness (QED) is 0.823. The van der Waals surface area contributed by atoms with Crippen LogP contribution < -0.4 is 0 Å². The van der Waals surface area contributed by atoms with Crippen molar-refractivity contribution in [3.63, 3.8) is 0 Å². The van der Waals surface area contributed by atoms with Gasteiger partial charge in [0.1, 0.15) is 0 Å². The summed E-state index contributed by atoms with van der Waals surface area (Å²) in [5.41, 5.74) is 3.06. The highest BCUT2D eigenvalue weighted by molar-refractivity contribution is 6.01. The molecule has 1 atom stereocenters. The molecule has 1 unspecified atom stereocenters. The van der Waals surface area contributed by atoms with Gasteiger partial charge in [-0.15, -0.1) is 0 Å². The lowest BCUT2D eigenvalue weighted by atomic mass is 9.79. The van der Waals surface area contributed by atoms with Gasteiger partial charge in [0.05, 0.1) is 11.1 Å². The lowest BCUT2D eigenvalue weighted by molar-refractivity contribution is -0.136. The van der Waals surface area contributed by atoms with Crippen molar-refractivity contribution in [2.45, 2.75) is 32.1 Å². The predicted molar refractivity (Wildman–Crippen MR) is 72.6 cm³/mol. The third kappa shape index (κ3) is 2.21. The molecule has 1 aliphatic rings. The molecule has 0 aliphatic carbocycles. The van der Waals surface area contributed by atoms with Gasteiger partial charge in [-0.2, -0.15) is 0 Å². The third-order valence-corrected chi connectivity index (χ3v) is 3.48. The van der Waals surface area contributed by atoms with Crippen LogP contribution in [0.2, 0.25) is 0 Å². The molecule has 1 aliphatic heterocycles. The molecule has 1 aromatic rings. The lowest BCUT2D eigenvalue weighted by Gasteiger charge is -2.21. The Morgan fingerprint density at radius 1 is 1.44 bits per heavy atom. The van der Waals surface area contributed by atoms with E-state index in [1.54, 1.807) is 0 Å². The van der Waals surface area contributed by atoms with Gasteiger partial charge in [-0.1, -0.05) is 30.4 Å². The van der Waals surface area contributed by atoms with E-state index in [1.807, 2.05) is 31.2 Å². The van der Waals surface area contributed by atoms with Gasteiger partial charge in [0.2, 0.25) is 0 Å². The molecule has 1 heterocycles. The summed E-state index contributed by atoms with van der Waals surface area (Å²) < 4.78 is 0. The van der Waals surface area contributed by atoms with Gasteiger partial charge in [-0.3, -0.25) is 9.79 Å². The van der Waals surface area contributed by atoms with Crippen molar-refractivity contribution in [2.24, 2.45) is 4.99 Å². The number of aliphatic imine (C=N–C) groups is 1. The Morgan fingerprint density at radius 2 is 2.17 bits per heavy atom. The van der Waals surface area contributed by atoms with Crippen molar-refractivity contribution >= 4 is 17.4 Å². The highest BCUT2D eigenvalue weighted by Gasteiger charge is 2.33. The number of para-hydroxylation sites is 1. The first-order valence-electron chi connectivity index (χ1n) is 6.09. The number of carboxylic acids is 1. The fourth-order valence-electron chi connectivity index (χ4n) is 2.24. The zero-order chi connectivity index (χ0) is 13.2. The number of allylic oxidation sites excluding steroid dienone is 2. The second-order valence-electron chi connectivity index (χ2n) is 4.75. The standard InChI is InChI=1S/C15H17NO2/c1-11-15(2,10-6-5-9-14(17)18)12-7-3-4-8-13(12)16-11/h3-4,6-8,10H,5,9H2,1-2H3,(H,17,18)/b10-6+. The zero-order valence-electron chi connectivity index (χ0n) is 10.7. The Labute approximate surface area is 107 Å². The van der Waals surface area contributed by atoms with Gasteiger partial charge in [0, 0.05) is 12.1 Å². The Bertz CT molecular complexity index is 531. The van der Waals surface area contributed by atoms with Gasteiger partial charge in [-0.25, -0.2) is 0 Å². The fraction of sp³-hybridized carbons (Fsp3) is 0.333. The third-order valence-electron chi connectivity index (χ3n) is 3.48. The molecule has 0 saturated heterocycles. The van der Waals surface area contributed by atoms with Crippen molar-refractivity contribution in [3.05, 3.63) is 42.0 Å². The van der Waals surface area contributed by atoms with Crippen LogP contribution in [0.3, 0.4) is 0 Å². The summed E-state index contributed by atoms with van der Waals surface area (Å²) >= 11 is 0. The van der Waals surface area contributed by atoms with Crippen molar-refractivity contribution in [1.82, 2.24) is 0 Å². The average molecular weight is 243 g/mol. The smallest absolute Gasteiger partial charge is 0.303 e. The second-order valence-corrected chi connectivity index (χ2v) is 4.75. The predicted octanol–water partition coefficient (Wildman–Crippen LogP) is 3.47. The Morgan fingerprint density at radius 3 is 2.89 bits per heavy atom. The Balaban J connectivity index is 2.21. The first-order valence-corrected chi connectivity index (χ1v) is 6.09. The normalized spacial score (nSPS) is 22.0. The summed E-state index contributed by atoms with van der Waals surface area (Å²) in [6, 6.07) is 8.08. The van der Waals surface area contributed by atoms with E-state index in [4.69, 9.17) is 5.11 Å². The maximum atomic E-state index is 10.5. The molecule has 0 fully saturated rings. The maximum Gasteiger partial charge on any atom is 0.303 e. The van der Waals surface area contributed by atoms with E-state index in [0.717, 1.165) is 11.4 Å². The molecule has 2 rings (SSSR count). The van der Waals surface area contributed by atoms with Gasteiger partial charge >= 0.3 is 5.97 Å². The number of nitrogens with zero attached hydrogens (tertiary/aromatic N) is 1. The van der Waals surface area contributed by atoms with Crippen molar-refractivity contribution in [3.8, 4) is 0 Å². The molecule has 94 valence electrons. The Kier molecular flexibility index (Phi) is 3.32. The zero-order valence-corrected chi connectivity index (χ0v) is 10.7. The van der Waals surface area contributed by atoms with E-state index in [1.165, 1.54) is 5.56 Å². The molecule has 1 aromatic carbocycles. The number of carboxylic acid groups (broad SMARTS) is 1. The van der Waals surface area contributed by atoms with Crippen LogP contribution in [0, 0.1) is 0 Å². The molecule has 0 amide bonds. The monoisotopic (exact) mass is 243 g/mol. The Hall–Kier alpha value is -1.90. The molecule has 0 bridgehead atoms. The van der Waals surface area contributed by atoms with Crippen LogP contribution in [-0.4, -0.2) is 16.8 Å². The SMILES string of the molecule is CC1=Nc2ccccc2C1(C)/C=C/CCC(=O)O. The van der Waals surface area contributed by atoms with E-state index in [0.29, 0.717) is 6.42 Å². The van der Waals surface area contributed by atoms with E-state index >= 15 is 0 Å². The summed E-state index contributed by atoms with van der Waals surface area (Å²) in [4.78, 5) is 15.0. The molecule has 0 saturated carbocycles. The molecule has 1 N–H and O–H groups in total. The largest absolute Gasteiger partial charge is 0.481 e. The van der Waals surface area contributed by atoms with Crippen molar-refractivity contribution < 1.29 is 9.90 Å². The van der Waals surface area contributed by atoms with E-state index < -0.39 is 5.97 Å². The maximum absolute atomic E-state index is 10.5. The summed E-state index contributed by atoms with van der Waals surface area (Å²) in [6.07, 6.45) is 4.74. The van der Waals surface area contributed by atoms with E-state index in [2.05, 4.69) is 24.1 Å². The van der Waals surface area contributed by atoms with Crippen LogP contribution in [0.4, 0.5) is 5.69 Å². The van der Waals surface area contributed by atoms with Gasteiger partial charge < -0.3 is 5.11 Å². The highest BCUT2D eigenvalue weighted by Crippen LogP contribution is 2.40. The van der Waals surface area contributed by atoms with Gasteiger partial charge in [-0.05, 0) is 31.9 Å². The van der Waals surface area contributed by atoms with Crippen LogP contribution in [0.5, 0.6) is 0 Å². The molecule has 0 aromatic heterocycles. The molecule has 18 heavy (non-hydrogen) atoms. The highest BCUT2D eigenvalue weighted by atomic mass is 16.4. The minimum atomic E-state index is -0.762. The van der Waals surface area contributed by atoms with Crippen molar-refractivity contribution in [1.29, 1.82) is 0 Å². The molecule has 0 radical (unpaired) electrons. The lowest BCUT2D eigenvalue weighted by Crippen LogP contribution is -2.24. The first-order chi connectivity index (χ1) is 8.54. The van der Waals surface area contributed by atoms with Gasteiger partial charge in [0.15, 0.2) is 0 Å². The van der Waals surface area contributed by atoms with E-state index in [-0.39, 0.29) is 11.8 Å². The molecule has 3 nitrogen and oxygen atoms in total. The van der Waals surface area contributed by atoms with Crippen LogP contribution in [0.15, 0.2) is 41.4 Å². The van der Waals surface area contributed by atoms with Crippen molar-refractivity contribution in [2.75, 3.05) is 0 Å². The number of rotatable bonds is 4. The van der Waals surface area contributed by atoms with E-state index in [9.17, 15) is 4.79 Å². The van der Waals surface area contributed by atoms with Crippen LogP contribution in [0.1, 0.15) is 32.3 Å². The molecule has 3 heteroatoms. The molecule has 0 spiro atoms. The molecular formula is C15H17NO2. The van der Waals surface area contributed by atoms with Crippen LogP contribution in [0.25, 0.3) is 0 Å². The summed E-state index contributed by atoms with van der Waals surface area (Å²) in [7, 11) is 0.